The summed E-state index contributed by atoms with van der Waals surface area (Å²) in [6.07, 6.45) is 4.53. The van der Waals surface area contributed by atoms with E-state index in [2.05, 4.69) is 0 Å². The lowest BCUT2D eigenvalue weighted by atomic mass is 9.95. The molecule has 1 saturated heterocycles. The molecule has 6 heteroatoms. The van der Waals surface area contributed by atoms with Gasteiger partial charge in [0, 0.05) is 54.8 Å². The molecule has 4 nitrogen and oxygen atoms in total. The average molecular weight is 355 g/mol. The van der Waals surface area contributed by atoms with Crippen LogP contribution in [0.5, 0.6) is 0 Å². The number of halogens is 2. The van der Waals surface area contributed by atoms with Crippen LogP contribution in [0.4, 0.5) is 0 Å². The molecule has 0 aliphatic carbocycles. The number of rotatable bonds is 3. The van der Waals surface area contributed by atoms with E-state index in [4.69, 9.17) is 23.2 Å². The molecule has 0 N–H and O–H groups in total. The molecular weight excluding hydrogens is 335 g/mol. The molecule has 2 rings (SSSR count). The molecule has 1 heterocycles. The Morgan fingerprint density at radius 1 is 1.17 bits per heavy atom. The molecule has 0 bridgehead atoms. The number of amides is 2. The first-order valence-corrected chi connectivity index (χ1v) is 8.28. The summed E-state index contributed by atoms with van der Waals surface area (Å²) in [7, 11) is 3.52. The van der Waals surface area contributed by atoms with E-state index in [1.165, 1.54) is 6.08 Å². The van der Waals surface area contributed by atoms with Crippen LogP contribution in [0.15, 0.2) is 24.3 Å². The number of carbonyl (C=O) groups is 2. The first-order valence-electron chi connectivity index (χ1n) is 7.52. The number of hydrogen-bond donors (Lipinski definition) is 0. The molecule has 1 fully saturated rings. The molecule has 0 radical (unpaired) electrons. The Labute approximate surface area is 146 Å². The van der Waals surface area contributed by atoms with E-state index in [0.717, 1.165) is 0 Å². The van der Waals surface area contributed by atoms with Crippen LogP contribution >= 0.6 is 23.2 Å². The van der Waals surface area contributed by atoms with Crippen molar-refractivity contribution in [3.05, 3.63) is 39.9 Å². The molecule has 1 aliphatic rings. The van der Waals surface area contributed by atoms with Gasteiger partial charge in [0.1, 0.15) is 0 Å². The van der Waals surface area contributed by atoms with Crippen LogP contribution in [0.2, 0.25) is 10.0 Å². The van der Waals surface area contributed by atoms with Crippen molar-refractivity contribution < 1.29 is 9.59 Å². The highest BCUT2D eigenvalue weighted by Crippen LogP contribution is 2.26. The van der Waals surface area contributed by atoms with Gasteiger partial charge >= 0.3 is 0 Å². The van der Waals surface area contributed by atoms with Crippen molar-refractivity contribution in [2.24, 2.45) is 5.92 Å². The number of benzene rings is 1. The Hall–Kier alpha value is -1.52. The Morgan fingerprint density at radius 3 is 2.26 bits per heavy atom. The monoisotopic (exact) mass is 354 g/mol. The zero-order valence-electron chi connectivity index (χ0n) is 13.3. The maximum absolute atomic E-state index is 12.3. The van der Waals surface area contributed by atoms with Crippen LogP contribution in [0.3, 0.4) is 0 Å². The molecule has 124 valence electrons. The zero-order valence-corrected chi connectivity index (χ0v) is 14.8. The van der Waals surface area contributed by atoms with Gasteiger partial charge in [-0.15, -0.1) is 0 Å². The van der Waals surface area contributed by atoms with Crippen LogP contribution in [0.25, 0.3) is 6.08 Å². The third-order valence-corrected chi connectivity index (χ3v) is 4.65. The summed E-state index contributed by atoms with van der Waals surface area (Å²) in [4.78, 5) is 27.6. The van der Waals surface area contributed by atoms with Gasteiger partial charge in [-0.1, -0.05) is 29.3 Å². The summed E-state index contributed by atoms with van der Waals surface area (Å²) < 4.78 is 0. The highest BCUT2D eigenvalue weighted by Gasteiger charge is 2.27. The molecule has 0 unspecified atom stereocenters. The Balaban J connectivity index is 1.95. The van der Waals surface area contributed by atoms with Gasteiger partial charge in [-0.3, -0.25) is 9.59 Å². The SMILES string of the molecule is CN(C)C(=O)C1CCN(C(=O)C=Cc2c(Cl)cccc2Cl)CC1. The van der Waals surface area contributed by atoms with Crippen molar-refractivity contribution in [3.63, 3.8) is 0 Å². The predicted octanol–water partition coefficient (Wildman–Crippen LogP) is 3.33. The summed E-state index contributed by atoms with van der Waals surface area (Å²) in [5.74, 6) is 0.0586. The third kappa shape index (κ3) is 4.49. The molecular formula is C17H20Cl2N2O2. The largest absolute Gasteiger partial charge is 0.349 e. The topological polar surface area (TPSA) is 40.6 Å². The quantitative estimate of drug-likeness (QED) is 0.781. The number of piperidine rings is 1. The molecule has 1 aromatic rings. The Kier molecular flexibility index (Phi) is 6.08. The molecule has 1 aliphatic heterocycles. The fraction of sp³-hybridized carbons (Fsp3) is 0.412. The molecule has 0 saturated carbocycles. The van der Waals surface area contributed by atoms with Crippen LogP contribution in [-0.2, 0) is 9.59 Å². The average Bonchev–Trinajstić information content (AvgIpc) is 2.53. The smallest absolute Gasteiger partial charge is 0.246 e. The molecule has 0 atom stereocenters. The van der Waals surface area contributed by atoms with E-state index < -0.39 is 0 Å². The van der Waals surface area contributed by atoms with Gasteiger partial charge in [0.15, 0.2) is 0 Å². The van der Waals surface area contributed by atoms with Crippen LogP contribution < -0.4 is 0 Å². The highest BCUT2D eigenvalue weighted by atomic mass is 35.5. The van der Waals surface area contributed by atoms with Gasteiger partial charge in [0.25, 0.3) is 0 Å². The Bertz CT molecular complexity index is 601. The highest BCUT2D eigenvalue weighted by molar-refractivity contribution is 6.37. The normalized spacial score (nSPS) is 15.9. The molecule has 1 aromatic carbocycles. The fourth-order valence-electron chi connectivity index (χ4n) is 2.64. The minimum atomic E-state index is -0.0864. The minimum Gasteiger partial charge on any atom is -0.349 e. The van der Waals surface area contributed by atoms with Gasteiger partial charge in [-0.2, -0.15) is 0 Å². The van der Waals surface area contributed by atoms with Crippen molar-refractivity contribution in [1.29, 1.82) is 0 Å². The summed E-state index contributed by atoms with van der Waals surface area (Å²) >= 11 is 12.2. The van der Waals surface area contributed by atoms with Crippen LogP contribution in [0.1, 0.15) is 18.4 Å². The summed E-state index contributed by atoms with van der Waals surface area (Å²) in [5, 5.41) is 1.02. The van der Waals surface area contributed by atoms with Crippen molar-refractivity contribution in [1.82, 2.24) is 9.80 Å². The van der Waals surface area contributed by atoms with E-state index in [1.54, 1.807) is 48.2 Å². The number of nitrogens with zero attached hydrogens (tertiary/aromatic N) is 2. The molecule has 2 amide bonds. The maximum Gasteiger partial charge on any atom is 0.246 e. The van der Waals surface area contributed by atoms with Gasteiger partial charge in [-0.25, -0.2) is 0 Å². The predicted molar refractivity (Wildman–Crippen MR) is 93.5 cm³/mol. The van der Waals surface area contributed by atoms with Gasteiger partial charge in [0.05, 0.1) is 0 Å². The second-order valence-corrected chi connectivity index (χ2v) is 6.62. The molecule has 23 heavy (non-hydrogen) atoms. The van der Waals surface area contributed by atoms with E-state index in [-0.39, 0.29) is 17.7 Å². The fourth-order valence-corrected chi connectivity index (χ4v) is 3.17. The third-order valence-electron chi connectivity index (χ3n) is 3.99. The van der Waals surface area contributed by atoms with Crippen molar-refractivity contribution >= 4 is 41.1 Å². The van der Waals surface area contributed by atoms with Gasteiger partial charge in [-0.05, 0) is 31.1 Å². The number of hydrogen-bond acceptors (Lipinski definition) is 2. The standard InChI is InChI=1S/C17H20Cl2N2O2/c1-20(2)17(23)12-8-10-21(11-9-12)16(22)7-6-13-14(18)4-3-5-15(13)19/h3-7,12H,8-11H2,1-2H3. The lowest BCUT2D eigenvalue weighted by molar-refractivity contribution is -0.137. The van der Waals surface area contributed by atoms with E-state index in [9.17, 15) is 9.59 Å². The number of carbonyl (C=O) groups excluding carboxylic acids is 2. The Morgan fingerprint density at radius 2 is 1.74 bits per heavy atom. The number of likely N-dealkylation sites (tertiary alicyclic amines) is 1. The second-order valence-electron chi connectivity index (χ2n) is 5.80. The molecule has 0 spiro atoms. The lowest BCUT2D eigenvalue weighted by Crippen LogP contribution is -2.42. The van der Waals surface area contributed by atoms with Crippen molar-refractivity contribution in [2.75, 3.05) is 27.2 Å². The van der Waals surface area contributed by atoms with Crippen LogP contribution in [-0.4, -0.2) is 48.8 Å². The second kappa shape index (κ2) is 7.84. The van der Waals surface area contributed by atoms with Crippen molar-refractivity contribution in [3.8, 4) is 0 Å². The first-order chi connectivity index (χ1) is 10.9. The van der Waals surface area contributed by atoms with E-state index >= 15 is 0 Å². The summed E-state index contributed by atoms with van der Waals surface area (Å²) in [5.41, 5.74) is 0.641. The van der Waals surface area contributed by atoms with Crippen LogP contribution in [0, 0.1) is 5.92 Å². The first kappa shape index (κ1) is 17.8. The summed E-state index contributed by atoms with van der Waals surface area (Å²) in [6, 6.07) is 5.22. The lowest BCUT2D eigenvalue weighted by Gasteiger charge is -2.31. The maximum atomic E-state index is 12.3. The van der Waals surface area contributed by atoms with Gasteiger partial charge < -0.3 is 9.80 Å². The van der Waals surface area contributed by atoms with E-state index in [1.807, 2.05) is 0 Å². The summed E-state index contributed by atoms with van der Waals surface area (Å²) in [6.45, 7) is 1.17. The van der Waals surface area contributed by atoms with Gasteiger partial charge in [0.2, 0.25) is 11.8 Å². The minimum absolute atomic E-state index is 0.0102. The van der Waals surface area contributed by atoms with Crippen molar-refractivity contribution in [2.45, 2.75) is 12.8 Å². The van der Waals surface area contributed by atoms with E-state index in [0.29, 0.717) is 41.5 Å². The molecule has 0 aromatic heterocycles. The zero-order chi connectivity index (χ0) is 17.0.